The molecule has 4 rings (SSSR count). The molecule has 0 fully saturated rings. The van der Waals surface area contributed by atoms with Gasteiger partial charge >= 0.3 is 5.69 Å². The van der Waals surface area contributed by atoms with Crippen LogP contribution in [0, 0.1) is 13.8 Å². The number of hydrogen-bond acceptors (Lipinski definition) is 5. The molecule has 0 aliphatic carbocycles. The van der Waals surface area contributed by atoms with Crippen molar-refractivity contribution in [2.75, 3.05) is 19.0 Å². The van der Waals surface area contributed by atoms with Crippen LogP contribution in [-0.2, 0) is 18.4 Å². The Hall–Kier alpha value is -3.82. The maximum absolute atomic E-state index is 13.1. The summed E-state index contributed by atoms with van der Waals surface area (Å²) in [5.74, 6) is -0.248. The van der Waals surface area contributed by atoms with E-state index in [-0.39, 0.29) is 11.2 Å². The smallest absolute Gasteiger partial charge is 0.332 e. The van der Waals surface area contributed by atoms with E-state index >= 15 is 0 Å². The van der Waals surface area contributed by atoms with Crippen molar-refractivity contribution in [3.8, 4) is 5.69 Å². The van der Waals surface area contributed by atoms with Crippen LogP contribution >= 0.6 is 0 Å². The molecule has 0 atom stereocenters. The largest absolute Gasteiger partial charge is 0.378 e. The van der Waals surface area contributed by atoms with Crippen LogP contribution in [0.5, 0.6) is 0 Å². The number of aromatic nitrogens is 5. The van der Waals surface area contributed by atoms with Gasteiger partial charge in [0.15, 0.2) is 11.2 Å². The zero-order valence-electron chi connectivity index (χ0n) is 17.5. The van der Waals surface area contributed by atoms with Gasteiger partial charge in [-0.2, -0.15) is 4.98 Å². The van der Waals surface area contributed by atoms with Gasteiger partial charge < -0.3 is 10.6 Å². The van der Waals surface area contributed by atoms with Crippen LogP contribution < -0.4 is 21.9 Å². The molecule has 1 amide bonds. The fourth-order valence-corrected chi connectivity index (χ4v) is 3.75. The van der Waals surface area contributed by atoms with Crippen LogP contribution in [0.4, 0.5) is 5.69 Å². The predicted molar refractivity (Wildman–Crippen MR) is 115 cm³/mol. The first-order chi connectivity index (χ1) is 14.1. The molecule has 0 bridgehead atoms. The summed E-state index contributed by atoms with van der Waals surface area (Å²) in [6.45, 7) is 3.34. The Bertz CT molecular complexity index is 1430. The maximum Gasteiger partial charge on any atom is 0.332 e. The number of imidazole rings is 2. The van der Waals surface area contributed by atoms with Gasteiger partial charge in [0.1, 0.15) is 6.54 Å². The fourth-order valence-electron chi connectivity index (χ4n) is 3.75. The molecule has 156 valence electrons. The normalized spacial score (nSPS) is 11.5. The first-order valence-electron chi connectivity index (χ1n) is 9.39. The zero-order chi connectivity index (χ0) is 21.9. The maximum atomic E-state index is 13.1. The van der Waals surface area contributed by atoms with Crippen molar-refractivity contribution in [1.29, 1.82) is 0 Å². The lowest BCUT2D eigenvalue weighted by atomic mass is 10.2. The average molecular weight is 409 g/mol. The highest BCUT2D eigenvalue weighted by atomic mass is 16.2. The molecule has 2 N–H and O–H groups in total. The molecule has 10 heteroatoms. The number of hydrogen-bond donors (Lipinski definition) is 1. The average Bonchev–Trinajstić information content (AvgIpc) is 3.19. The number of carbonyl (C=O) groups excluding carboxylic acids is 1. The van der Waals surface area contributed by atoms with Gasteiger partial charge in [0.05, 0.1) is 0 Å². The summed E-state index contributed by atoms with van der Waals surface area (Å²) < 4.78 is 5.78. The standard InChI is InChI=1S/C20H23N7O3/c1-11-12(2)27-16-17(24(5)20(30)25(18(16)29)10-15(21)28)22-19(27)26(11)14-8-6-13(7-9-14)23(3)4/h6-9H,10H2,1-5H3,(H2,21,28). The van der Waals surface area contributed by atoms with E-state index in [2.05, 4.69) is 4.98 Å². The van der Waals surface area contributed by atoms with Crippen LogP contribution in [0.2, 0.25) is 0 Å². The number of anilines is 1. The lowest BCUT2D eigenvalue weighted by Crippen LogP contribution is -2.42. The monoisotopic (exact) mass is 409 g/mol. The van der Waals surface area contributed by atoms with E-state index in [4.69, 9.17) is 5.73 Å². The van der Waals surface area contributed by atoms with E-state index in [0.29, 0.717) is 5.78 Å². The minimum absolute atomic E-state index is 0.234. The molecule has 3 aromatic heterocycles. The molecule has 0 saturated heterocycles. The van der Waals surface area contributed by atoms with Crippen molar-refractivity contribution in [3.05, 3.63) is 56.5 Å². The van der Waals surface area contributed by atoms with Crippen LogP contribution in [0.1, 0.15) is 11.4 Å². The second-order valence-electron chi connectivity index (χ2n) is 7.54. The van der Waals surface area contributed by atoms with Gasteiger partial charge in [0.2, 0.25) is 11.7 Å². The Labute approximate surface area is 171 Å². The van der Waals surface area contributed by atoms with Gasteiger partial charge in [-0.25, -0.2) is 9.36 Å². The minimum atomic E-state index is -0.763. The van der Waals surface area contributed by atoms with Gasteiger partial charge in [0, 0.05) is 43.9 Å². The summed E-state index contributed by atoms with van der Waals surface area (Å²) in [7, 11) is 5.46. The highest BCUT2D eigenvalue weighted by Gasteiger charge is 2.23. The number of nitrogens with two attached hydrogens (primary N) is 1. The van der Waals surface area contributed by atoms with Crippen molar-refractivity contribution in [1.82, 2.24) is 23.1 Å². The second kappa shape index (κ2) is 6.61. The summed E-state index contributed by atoms with van der Waals surface area (Å²) in [4.78, 5) is 43.7. The zero-order valence-corrected chi connectivity index (χ0v) is 17.5. The second-order valence-corrected chi connectivity index (χ2v) is 7.54. The van der Waals surface area contributed by atoms with Crippen molar-refractivity contribution in [3.63, 3.8) is 0 Å². The highest BCUT2D eigenvalue weighted by molar-refractivity contribution is 5.78. The van der Waals surface area contributed by atoms with Gasteiger partial charge in [-0.05, 0) is 38.1 Å². The van der Waals surface area contributed by atoms with Crippen molar-refractivity contribution < 1.29 is 4.79 Å². The van der Waals surface area contributed by atoms with Crippen LogP contribution in [0.25, 0.3) is 22.6 Å². The molecule has 0 aliphatic rings. The van der Waals surface area contributed by atoms with E-state index in [0.717, 1.165) is 27.3 Å². The molecule has 0 aliphatic heterocycles. The number of aryl methyl sites for hydroxylation is 2. The lowest BCUT2D eigenvalue weighted by Gasteiger charge is -2.13. The Morgan fingerprint density at radius 2 is 1.73 bits per heavy atom. The molecule has 1 aromatic carbocycles. The molecule has 0 unspecified atom stereocenters. The lowest BCUT2D eigenvalue weighted by molar-refractivity contribution is -0.118. The van der Waals surface area contributed by atoms with E-state index in [1.165, 1.54) is 11.6 Å². The number of benzene rings is 1. The van der Waals surface area contributed by atoms with Crippen molar-refractivity contribution in [2.24, 2.45) is 12.8 Å². The molecule has 0 spiro atoms. The number of nitrogens with zero attached hydrogens (tertiary/aromatic N) is 6. The quantitative estimate of drug-likeness (QED) is 0.521. The van der Waals surface area contributed by atoms with Gasteiger partial charge in [-0.1, -0.05) is 0 Å². The molecule has 10 nitrogen and oxygen atoms in total. The van der Waals surface area contributed by atoms with Crippen molar-refractivity contribution in [2.45, 2.75) is 20.4 Å². The molecular weight excluding hydrogens is 386 g/mol. The first-order valence-corrected chi connectivity index (χ1v) is 9.39. The minimum Gasteiger partial charge on any atom is -0.378 e. The van der Waals surface area contributed by atoms with E-state index in [1.807, 2.05) is 61.7 Å². The Balaban J connectivity index is 2.10. The van der Waals surface area contributed by atoms with Crippen LogP contribution in [0.15, 0.2) is 33.9 Å². The summed E-state index contributed by atoms with van der Waals surface area (Å²) >= 11 is 0. The Morgan fingerprint density at radius 3 is 2.30 bits per heavy atom. The Kier molecular flexibility index (Phi) is 4.30. The summed E-state index contributed by atoms with van der Waals surface area (Å²) in [6.07, 6.45) is 0. The van der Waals surface area contributed by atoms with E-state index in [1.54, 1.807) is 4.40 Å². The number of amides is 1. The first kappa shape index (κ1) is 19.5. The topological polar surface area (TPSA) is 113 Å². The van der Waals surface area contributed by atoms with Crippen LogP contribution in [0.3, 0.4) is 0 Å². The predicted octanol–water partition coefficient (Wildman–Crippen LogP) is 0.307. The molecule has 30 heavy (non-hydrogen) atoms. The third kappa shape index (κ3) is 2.64. The molecular formula is C20H23N7O3. The SMILES string of the molecule is Cc1c(C)n2c3c(=O)n(CC(N)=O)c(=O)n(C)c3nc2n1-c1ccc(N(C)C)cc1. The Morgan fingerprint density at radius 1 is 1.10 bits per heavy atom. The number of fused-ring (bicyclic) bond motifs is 3. The van der Waals surface area contributed by atoms with Gasteiger partial charge in [-0.3, -0.25) is 23.1 Å². The van der Waals surface area contributed by atoms with E-state index < -0.39 is 23.7 Å². The van der Waals surface area contributed by atoms with Crippen molar-refractivity contribution >= 4 is 28.5 Å². The highest BCUT2D eigenvalue weighted by Crippen LogP contribution is 2.25. The number of carbonyl (C=O) groups is 1. The third-order valence-corrected chi connectivity index (χ3v) is 5.46. The van der Waals surface area contributed by atoms with Crippen LogP contribution in [-0.4, -0.2) is 43.1 Å². The third-order valence-electron chi connectivity index (χ3n) is 5.46. The molecule has 0 saturated carbocycles. The van der Waals surface area contributed by atoms with E-state index in [9.17, 15) is 14.4 Å². The summed E-state index contributed by atoms with van der Waals surface area (Å²) in [5.41, 5.74) is 8.15. The summed E-state index contributed by atoms with van der Waals surface area (Å²) in [5, 5.41) is 0. The van der Waals surface area contributed by atoms with Gasteiger partial charge in [-0.15, -0.1) is 0 Å². The molecule has 0 radical (unpaired) electrons. The molecule has 3 heterocycles. The number of rotatable bonds is 4. The molecule has 4 aromatic rings. The number of primary amides is 1. The van der Waals surface area contributed by atoms with Gasteiger partial charge in [0.25, 0.3) is 5.56 Å². The fraction of sp³-hybridized carbons (Fsp3) is 0.300. The summed E-state index contributed by atoms with van der Waals surface area (Å²) in [6, 6.07) is 7.95.